The van der Waals surface area contributed by atoms with Gasteiger partial charge in [0.1, 0.15) is 0 Å². The Morgan fingerprint density at radius 3 is 2.21 bits per heavy atom. The zero-order valence-electron chi connectivity index (χ0n) is 16.2. The zero-order chi connectivity index (χ0) is 19.3. The summed E-state index contributed by atoms with van der Waals surface area (Å²) < 4.78 is 0. The number of nitrogens with zero attached hydrogens (tertiary/aromatic N) is 3. The van der Waals surface area contributed by atoms with Crippen LogP contribution < -0.4 is 4.90 Å². The molecule has 2 saturated heterocycles. The fourth-order valence-corrected chi connectivity index (χ4v) is 4.14. The summed E-state index contributed by atoms with van der Waals surface area (Å²) in [5.74, 6) is 0.0621. The molecule has 2 amide bonds. The average molecular weight is 377 g/mol. The van der Waals surface area contributed by atoms with E-state index >= 15 is 0 Å². The highest BCUT2D eigenvalue weighted by Gasteiger charge is 2.37. The number of carbonyl (C=O) groups is 2. The molecular formula is C23H27N3O2. The topological polar surface area (TPSA) is 43.9 Å². The Morgan fingerprint density at radius 2 is 1.54 bits per heavy atom. The van der Waals surface area contributed by atoms with Crippen molar-refractivity contribution in [2.75, 3.05) is 44.2 Å². The summed E-state index contributed by atoms with van der Waals surface area (Å²) in [5, 5.41) is 0. The molecule has 0 aliphatic carbocycles. The lowest BCUT2D eigenvalue weighted by Gasteiger charge is -2.37. The summed E-state index contributed by atoms with van der Waals surface area (Å²) in [6.07, 6.45) is 1.19. The van der Waals surface area contributed by atoms with Crippen LogP contribution in [0.2, 0.25) is 0 Å². The van der Waals surface area contributed by atoms with E-state index in [1.54, 1.807) is 0 Å². The van der Waals surface area contributed by atoms with Crippen LogP contribution in [0, 0.1) is 5.92 Å². The van der Waals surface area contributed by atoms with Crippen molar-refractivity contribution in [3.63, 3.8) is 0 Å². The minimum atomic E-state index is -0.188. The number of amides is 2. The second kappa shape index (κ2) is 8.46. The summed E-state index contributed by atoms with van der Waals surface area (Å²) in [6, 6.07) is 20.5. The van der Waals surface area contributed by atoms with E-state index in [0.717, 1.165) is 32.6 Å². The van der Waals surface area contributed by atoms with Crippen molar-refractivity contribution < 1.29 is 9.59 Å². The third-order valence-electron chi connectivity index (χ3n) is 5.79. The van der Waals surface area contributed by atoms with Crippen LogP contribution in [0.25, 0.3) is 0 Å². The molecule has 0 radical (unpaired) electrons. The molecule has 28 heavy (non-hydrogen) atoms. The van der Waals surface area contributed by atoms with E-state index in [1.807, 2.05) is 46.2 Å². The Kier molecular flexibility index (Phi) is 5.60. The second-order valence-corrected chi connectivity index (χ2v) is 7.62. The molecule has 2 aliphatic rings. The number of benzene rings is 2. The van der Waals surface area contributed by atoms with Crippen LogP contribution in [0.1, 0.15) is 12.0 Å². The van der Waals surface area contributed by atoms with Crippen molar-refractivity contribution >= 4 is 17.5 Å². The zero-order valence-corrected chi connectivity index (χ0v) is 16.2. The predicted molar refractivity (Wildman–Crippen MR) is 110 cm³/mol. The minimum absolute atomic E-state index is 0.109. The lowest BCUT2D eigenvalue weighted by Crippen LogP contribution is -2.50. The number of piperazine rings is 1. The smallest absolute Gasteiger partial charge is 0.228 e. The first-order valence-corrected chi connectivity index (χ1v) is 10.1. The third-order valence-corrected chi connectivity index (χ3v) is 5.79. The molecule has 2 fully saturated rings. The first-order valence-electron chi connectivity index (χ1n) is 10.1. The van der Waals surface area contributed by atoms with Gasteiger partial charge in [-0.3, -0.25) is 9.59 Å². The molecule has 2 heterocycles. The first kappa shape index (κ1) is 18.5. The van der Waals surface area contributed by atoms with E-state index in [-0.39, 0.29) is 17.7 Å². The molecule has 2 aromatic carbocycles. The summed E-state index contributed by atoms with van der Waals surface area (Å²) in [5.41, 5.74) is 2.43. The van der Waals surface area contributed by atoms with Gasteiger partial charge >= 0.3 is 0 Å². The van der Waals surface area contributed by atoms with E-state index in [4.69, 9.17) is 0 Å². The lowest BCUT2D eigenvalue weighted by molar-refractivity contribution is -0.136. The standard InChI is InChI=1S/C23H27N3O2/c27-22-17-20(18-26(22)12-11-19-7-3-1-4-8-19)23(28)25-15-13-24(14-16-25)21-9-5-2-6-10-21/h1-10,20H,11-18H2/t20-/m1/s1. The van der Waals surface area contributed by atoms with Gasteiger partial charge < -0.3 is 14.7 Å². The van der Waals surface area contributed by atoms with Gasteiger partial charge in [-0.1, -0.05) is 48.5 Å². The van der Waals surface area contributed by atoms with Crippen molar-refractivity contribution in [1.82, 2.24) is 9.80 Å². The van der Waals surface area contributed by atoms with Gasteiger partial charge in [0.25, 0.3) is 0 Å². The third kappa shape index (κ3) is 4.19. The SMILES string of the molecule is O=C1C[C@@H](C(=O)N2CCN(c3ccccc3)CC2)CN1CCc1ccccc1. The van der Waals surface area contributed by atoms with Crippen LogP contribution in [0.4, 0.5) is 5.69 Å². The fourth-order valence-electron chi connectivity index (χ4n) is 4.14. The molecule has 0 bridgehead atoms. The fraction of sp³-hybridized carbons (Fsp3) is 0.391. The molecule has 5 nitrogen and oxygen atoms in total. The maximum absolute atomic E-state index is 12.9. The number of hydrogen-bond donors (Lipinski definition) is 0. The molecule has 0 aromatic heterocycles. The predicted octanol–water partition coefficient (Wildman–Crippen LogP) is 2.43. The first-order chi connectivity index (χ1) is 13.7. The maximum atomic E-state index is 12.9. The molecule has 0 N–H and O–H groups in total. The number of likely N-dealkylation sites (tertiary alicyclic amines) is 1. The van der Waals surface area contributed by atoms with E-state index in [0.29, 0.717) is 19.5 Å². The van der Waals surface area contributed by atoms with Crippen molar-refractivity contribution in [2.24, 2.45) is 5.92 Å². The van der Waals surface area contributed by atoms with Crippen molar-refractivity contribution in [1.29, 1.82) is 0 Å². The van der Waals surface area contributed by atoms with E-state index in [9.17, 15) is 9.59 Å². The van der Waals surface area contributed by atoms with Gasteiger partial charge in [0, 0.05) is 51.4 Å². The minimum Gasteiger partial charge on any atom is -0.368 e. The summed E-state index contributed by atoms with van der Waals surface area (Å²) >= 11 is 0. The second-order valence-electron chi connectivity index (χ2n) is 7.62. The van der Waals surface area contributed by atoms with Crippen LogP contribution in [-0.2, 0) is 16.0 Å². The number of rotatable bonds is 5. The molecule has 146 valence electrons. The van der Waals surface area contributed by atoms with Gasteiger partial charge in [-0.25, -0.2) is 0 Å². The van der Waals surface area contributed by atoms with Crippen molar-refractivity contribution in [3.05, 3.63) is 66.2 Å². The molecule has 5 heteroatoms. The lowest BCUT2D eigenvalue weighted by atomic mass is 10.1. The highest BCUT2D eigenvalue weighted by atomic mass is 16.2. The molecule has 2 aliphatic heterocycles. The molecule has 0 unspecified atom stereocenters. The Morgan fingerprint density at radius 1 is 0.893 bits per heavy atom. The van der Waals surface area contributed by atoms with Gasteiger partial charge in [-0.05, 0) is 24.1 Å². The number of anilines is 1. The van der Waals surface area contributed by atoms with Crippen LogP contribution in [0.3, 0.4) is 0 Å². The Balaban J connectivity index is 1.28. The maximum Gasteiger partial charge on any atom is 0.228 e. The molecule has 0 saturated carbocycles. The Labute approximate surface area is 166 Å². The normalized spacial score (nSPS) is 19.9. The van der Waals surface area contributed by atoms with Crippen molar-refractivity contribution in [2.45, 2.75) is 12.8 Å². The molecular weight excluding hydrogens is 350 g/mol. The number of hydrogen-bond acceptors (Lipinski definition) is 3. The highest BCUT2D eigenvalue weighted by Crippen LogP contribution is 2.22. The number of carbonyl (C=O) groups excluding carboxylic acids is 2. The largest absolute Gasteiger partial charge is 0.368 e. The van der Waals surface area contributed by atoms with Gasteiger partial charge in [0.15, 0.2) is 0 Å². The van der Waals surface area contributed by atoms with Crippen LogP contribution in [0.5, 0.6) is 0 Å². The van der Waals surface area contributed by atoms with Crippen LogP contribution >= 0.6 is 0 Å². The summed E-state index contributed by atoms with van der Waals surface area (Å²) in [7, 11) is 0. The van der Waals surface area contributed by atoms with Gasteiger partial charge in [0.2, 0.25) is 11.8 Å². The Hall–Kier alpha value is -2.82. The molecule has 1 atom stereocenters. The molecule has 4 rings (SSSR count). The average Bonchev–Trinajstić information content (AvgIpc) is 3.14. The van der Waals surface area contributed by atoms with Crippen molar-refractivity contribution in [3.8, 4) is 0 Å². The van der Waals surface area contributed by atoms with Gasteiger partial charge in [0.05, 0.1) is 5.92 Å². The quantitative estimate of drug-likeness (QED) is 0.804. The summed E-state index contributed by atoms with van der Waals surface area (Å²) in [6.45, 7) is 4.38. The van der Waals surface area contributed by atoms with Crippen LogP contribution in [0.15, 0.2) is 60.7 Å². The monoisotopic (exact) mass is 377 g/mol. The molecule has 0 spiro atoms. The van der Waals surface area contributed by atoms with Gasteiger partial charge in [-0.2, -0.15) is 0 Å². The van der Waals surface area contributed by atoms with Crippen LogP contribution in [-0.4, -0.2) is 60.9 Å². The summed E-state index contributed by atoms with van der Waals surface area (Å²) in [4.78, 5) is 31.4. The van der Waals surface area contributed by atoms with E-state index in [1.165, 1.54) is 11.3 Å². The van der Waals surface area contributed by atoms with E-state index < -0.39 is 0 Å². The van der Waals surface area contributed by atoms with Gasteiger partial charge in [-0.15, -0.1) is 0 Å². The highest BCUT2D eigenvalue weighted by molar-refractivity contribution is 5.89. The molecule has 2 aromatic rings. The Bertz CT molecular complexity index is 801. The number of para-hydroxylation sites is 1. The van der Waals surface area contributed by atoms with E-state index in [2.05, 4.69) is 29.2 Å².